The first-order chi connectivity index (χ1) is 8.49. The number of hydrogen-bond acceptors (Lipinski definition) is 3. The largest absolute Gasteiger partial charge is 0.352 e. The van der Waals surface area contributed by atoms with Gasteiger partial charge in [-0.2, -0.15) is 12.6 Å². The zero-order valence-electron chi connectivity index (χ0n) is 11.7. The second kappa shape index (κ2) is 5.83. The Morgan fingerprint density at radius 1 is 1.28 bits per heavy atom. The van der Waals surface area contributed by atoms with Crippen LogP contribution in [0.15, 0.2) is 0 Å². The molecule has 2 aliphatic heterocycles. The van der Waals surface area contributed by atoms with E-state index in [-0.39, 0.29) is 11.2 Å². The van der Waals surface area contributed by atoms with Crippen molar-refractivity contribution in [3.05, 3.63) is 0 Å². The number of fused-ring (bicyclic) bond motifs is 2. The van der Waals surface area contributed by atoms with E-state index >= 15 is 0 Å². The van der Waals surface area contributed by atoms with Gasteiger partial charge < -0.3 is 10.2 Å². The molecule has 4 heteroatoms. The van der Waals surface area contributed by atoms with Crippen molar-refractivity contribution < 1.29 is 4.79 Å². The summed E-state index contributed by atoms with van der Waals surface area (Å²) in [6.07, 6.45) is 6.14. The van der Waals surface area contributed by atoms with Gasteiger partial charge in [0.25, 0.3) is 0 Å². The van der Waals surface area contributed by atoms with Gasteiger partial charge in [-0.15, -0.1) is 0 Å². The SMILES string of the molecule is CC(C)C(S)C(=O)NC1CC2CCCC(C1)N2C. The third-order valence-electron chi connectivity index (χ3n) is 4.59. The summed E-state index contributed by atoms with van der Waals surface area (Å²) in [5.74, 6) is 0.403. The zero-order chi connectivity index (χ0) is 13.3. The van der Waals surface area contributed by atoms with E-state index in [0.717, 1.165) is 12.8 Å². The van der Waals surface area contributed by atoms with Crippen LogP contribution in [0.5, 0.6) is 0 Å². The lowest BCUT2D eigenvalue weighted by Crippen LogP contribution is -2.56. The van der Waals surface area contributed by atoms with Crippen molar-refractivity contribution in [3.63, 3.8) is 0 Å². The van der Waals surface area contributed by atoms with Gasteiger partial charge in [0, 0.05) is 18.1 Å². The summed E-state index contributed by atoms with van der Waals surface area (Å²) >= 11 is 4.40. The van der Waals surface area contributed by atoms with Gasteiger partial charge in [0.15, 0.2) is 0 Å². The number of hydrogen-bond donors (Lipinski definition) is 2. The Kier molecular flexibility index (Phi) is 4.59. The van der Waals surface area contributed by atoms with E-state index in [9.17, 15) is 4.79 Å². The molecule has 1 amide bonds. The van der Waals surface area contributed by atoms with Gasteiger partial charge in [-0.25, -0.2) is 0 Å². The standard InChI is InChI=1S/C14H26N2OS/c1-9(2)13(18)14(17)15-10-7-11-5-4-6-12(8-10)16(11)3/h9-13,18H,4-8H2,1-3H3,(H,15,17). The van der Waals surface area contributed by atoms with Gasteiger partial charge in [-0.3, -0.25) is 4.79 Å². The van der Waals surface area contributed by atoms with E-state index in [4.69, 9.17) is 0 Å². The van der Waals surface area contributed by atoms with Crippen LogP contribution in [0.25, 0.3) is 0 Å². The molecular weight excluding hydrogens is 244 g/mol. The van der Waals surface area contributed by atoms with Crippen LogP contribution in [0.1, 0.15) is 46.0 Å². The number of thiol groups is 1. The fourth-order valence-corrected chi connectivity index (χ4v) is 3.40. The smallest absolute Gasteiger partial charge is 0.233 e. The third kappa shape index (κ3) is 3.02. The summed E-state index contributed by atoms with van der Waals surface area (Å²) in [6.45, 7) is 4.08. The number of amides is 1. The molecule has 0 saturated carbocycles. The fourth-order valence-electron chi connectivity index (χ4n) is 3.32. The molecule has 3 unspecified atom stereocenters. The minimum atomic E-state index is -0.176. The van der Waals surface area contributed by atoms with E-state index < -0.39 is 0 Å². The number of piperidine rings is 2. The van der Waals surface area contributed by atoms with Crippen LogP contribution in [-0.2, 0) is 4.79 Å². The van der Waals surface area contributed by atoms with Crippen molar-refractivity contribution in [2.24, 2.45) is 5.92 Å². The summed E-state index contributed by atoms with van der Waals surface area (Å²) in [5.41, 5.74) is 0. The second-order valence-corrected chi connectivity index (χ2v) is 6.83. The Labute approximate surface area is 116 Å². The maximum Gasteiger partial charge on any atom is 0.233 e. The van der Waals surface area contributed by atoms with Gasteiger partial charge in [0.05, 0.1) is 5.25 Å². The lowest BCUT2D eigenvalue weighted by atomic mass is 9.82. The number of nitrogens with zero attached hydrogens (tertiary/aromatic N) is 1. The maximum absolute atomic E-state index is 12.1. The molecule has 0 aliphatic carbocycles. The monoisotopic (exact) mass is 270 g/mol. The van der Waals surface area contributed by atoms with Gasteiger partial charge in [-0.05, 0) is 38.6 Å². The molecule has 0 radical (unpaired) electrons. The normalized spacial score (nSPS) is 34.4. The Hall–Kier alpha value is -0.220. The minimum absolute atomic E-state index is 0.112. The molecule has 2 heterocycles. The second-order valence-electron chi connectivity index (χ2n) is 6.27. The molecule has 0 aromatic carbocycles. The zero-order valence-corrected chi connectivity index (χ0v) is 12.6. The van der Waals surface area contributed by atoms with Gasteiger partial charge in [0.2, 0.25) is 5.91 Å². The van der Waals surface area contributed by atoms with Crippen LogP contribution in [-0.4, -0.2) is 41.2 Å². The summed E-state index contributed by atoms with van der Waals surface area (Å²) < 4.78 is 0. The number of nitrogens with one attached hydrogen (secondary N) is 1. The predicted octanol–water partition coefficient (Wildman–Crippen LogP) is 2.07. The molecule has 18 heavy (non-hydrogen) atoms. The quantitative estimate of drug-likeness (QED) is 0.770. The van der Waals surface area contributed by atoms with E-state index in [1.807, 2.05) is 13.8 Å². The number of rotatable bonds is 3. The molecule has 3 atom stereocenters. The van der Waals surface area contributed by atoms with Crippen molar-refractivity contribution in [1.29, 1.82) is 0 Å². The Balaban J connectivity index is 1.90. The average Bonchev–Trinajstić information content (AvgIpc) is 2.29. The molecule has 2 rings (SSSR count). The molecule has 0 aromatic rings. The van der Waals surface area contributed by atoms with E-state index in [2.05, 4.69) is 29.9 Å². The molecular formula is C14H26N2OS. The Bertz CT molecular complexity index is 294. The van der Waals surface area contributed by atoms with Crippen LogP contribution in [0.4, 0.5) is 0 Å². The van der Waals surface area contributed by atoms with E-state index in [1.54, 1.807) is 0 Å². The van der Waals surface area contributed by atoms with Crippen LogP contribution >= 0.6 is 12.6 Å². The molecule has 0 spiro atoms. The van der Waals surface area contributed by atoms with E-state index in [1.165, 1.54) is 19.3 Å². The molecule has 1 N–H and O–H groups in total. The van der Waals surface area contributed by atoms with Crippen molar-refractivity contribution in [2.45, 2.75) is 69.3 Å². The van der Waals surface area contributed by atoms with E-state index in [0.29, 0.717) is 24.0 Å². The van der Waals surface area contributed by atoms with Crippen LogP contribution < -0.4 is 5.32 Å². The topological polar surface area (TPSA) is 32.3 Å². The molecule has 104 valence electrons. The highest BCUT2D eigenvalue weighted by atomic mass is 32.1. The van der Waals surface area contributed by atoms with Crippen LogP contribution in [0.2, 0.25) is 0 Å². The van der Waals surface area contributed by atoms with Gasteiger partial charge >= 0.3 is 0 Å². The summed E-state index contributed by atoms with van der Waals surface area (Å²) in [5, 5.41) is 3.03. The first kappa shape index (κ1) is 14.2. The van der Waals surface area contributed by atoms with Crippen molar-refractivity contribution in [3.8, 4) is 0 Å². The minimum Gasteiger partial charge on any atom is -0.352 e. The summed E-state index contributed by atoms with van der Waals surface area (Å²) in [4.78, 5) is 14.6. The lowest BCUT2D eigenvalue weighted by molar-refractivity contribution is -0.122. The predicted molar refractivity (Wildman–Crippen MR) is 78.0 cm³/mol. The van der Waals surface area contributed by atoms with Crippen LogP contribution in [0, 0.1) is 5.92 Å². The first-order valence-corrected chi connectivity index (χ1v) is 7.71. The lowest BCUT2D eigenvalue weighted by Gasteiger charge is -2.47. The van der Waals surface area contributed by atoms with Crippen molar-refractivity contribution >= 4 is 18.5 Å². The average molecular weight is 270 g/mol. The molecule has 2 aliphatic rings. The Morgan fingerprint density at radius 3 is 2.33 bits per heavy atom. The number of carbonyl (C=O) groups is 1. The molecule has 2 saturated heterocycles. The highest BCUT2D eigenvalue weighted by molar-refractivity contribution is 7.81. The highest BCUT2D eigenvalue weighted by Crippen LogP contribution is 2.32. The Morgan fingerprint density at radius 2 is 1.83 bits per heavy atom. The summed E-state index contributed by atoms with van der Waals surface area (Å²) in [6, 6.07) is 1.69. The maximum atomic E-state index is 12.1. The van der Waals surface area contributed by atoms with Crippen molar-refractivity contribution in [1.82, 2.24) is 10.2 Å². The fraction of sp³-hybridized carbons (Fsp3) is 0.929. The summed E-state index contributed by atoms with van der Waals surface area (Å²) in [7, 11) is 2.24. The van der Waals surface area contributed by atoms with Crippen molar-refractivity contribution in [2.75, 3.05) is 7.05 Å². The highest BCUT2D eigenvalue weighted by Gasteiger charge is 2.36. The molecule has 3 nitrogen and oxygen atoms in total. The molecule has 2 bridgehead atoms. The molecule has 2 fully saturated rings. The van der Waals surface area contributed by atoms with Gasteiger partial charge in [0.1, 0.15) is 0 Å². The number of carbonyl (C=O) groups excluding carboxylic acids is 1. The van der Waals surface area contributed by atoms with Gasteiger partial charge in [-0.1, -0.05) is 20.3 Å². The van der Waals surface area contributed by atoms with Crippen LogP contribution in [0.3, 0.4) is 0 Å². The third-order valence-corrected chi connectivity index (χ3v) is 5.42. The first-order valence-electron chi connectivity index (χ1n) is 7.19. The molecule has 0 aromatic heterocycles.